The summed E-state index contributed by atoms with van der Waals surface area (Å²) in [4.78, 5) is 28.5. The number of esters is 1. The molecule has 1 heterocycles. The van der Waals surface area contributed by atoms with Crippen LogP contribution in [-0.4, -0.2) is 50.1 Å². The number of nitrogens with one attached hydrogen (secondary N) is 1. The van der Waals surface area contributed by atoms with Crippen LogP contribution in [0.5, 0.6) is 0 Å². The first kappa shape index (κ1) is 23.7. The van der Waals surface area contributed by atoms with Crippen LogP contribution in [0.4, 0.5) is 15.8 Å². The summed E-state index contributed by atoms with van der Waals surface area (Å²) in [5.41, 5.74) is 1.85. The summed E-state index contributed by atoms with van der Waals surface area (Å²) in [7, 11) is 1.40. The van der Waals surface area contributed by atoms with Crippen molar-refractivity contribution in [1.29, 1.82) is 0 Å². The predicted octanol–water partition coefficient (Wildman–Crippen LogP) is 4.24. The van der Waals surface area contributed by atoms with Crippen molar-refractivity contribution in [2.45, 2.75) is 32.7 Å². The summed E-state index contributed by atoms with van der Waals surface area (Å²) >= 11 is 0. The van der Waals surface area contributed by atoms with Gasteiger partial charge >= 0.3 is 5.97 Å². The SMILES string of the molecule is COC(=O)C(c1ccccc1)N1CCN(c2ccc(NC(=O)CCC(C)C)cc2F)CC1. The highest BCUT2D eigenvalue weighted by molar-refractivity contribution is 5.90. The topological polar surface area (TPSA) is 61.9 Å². The lowest BCUT2D eigenvalue weighted by atomic mass is 10.0. The second kappa shape index (κ2) is 11.1. The van der Waals surface area contributed by atoms with Crippen LogP contribution in [0.15, 0.2) is 48.5 Å². The molecular weight excluding hydrogens is 409 g/mol. The molecule has 0 saturated carbocycles. The Hall–Kier alpha value is -2.93. The number of carbonyl (C=O) groups is 2. The fraction of sp³-hybridized carbons (Fsp3) is 0.440. The van der Waals surface area contributed by atoms with E-state index in [9.17, 15) is 14.0 Å². The Balaban J connectivity index is 1.63. The van der Waals surface area contributed by atoms with Gasteiger partial charge in [-0.1, -0.05) is 44.2 Å². The Bertz CT molecular complexity index is 912. The van der Waals surface area contributed by atoms with Gasteiger partial charge in [0.25, 0.3) is 0 Å². The van der Waals surface area contributed by atoms with E-state index < -0.39 is 6.04 Å². The van der Waals surface area contributed by atoms with Gasteiger partial charge in [0.2, 0.25) is 5.91 Å². The minimum atomic E-state index is -0.475. The van der Waals surface area contributed by atoms with Gasteiger partial charge in [-0.3, -0.25) is 9.69 Å². The Morgan fingerprint density at radius 1 is 1.06 bits per heavy atom. The minimum Gasteiger partial charge on any atom is -0.468 e. The number of amides is 1. The molecule has 0 aliphatic carbocycles. The van der Waals surface area contributed by atoms with E-state index in [2.05, 4.69) is 24.1 Å². The number of hydrogen-bond acceptors (Lipinski definition) is 5. The molecular formula is C25H32FN3O3. The van der Waals surface area contributed by atoms with Crippen LogP contribution in [-0.2, 0) is 14.3 Å². The summed E-state index contributed by atoms with van der Waals surface area (Å²) < 4.78 is 19.9. The van der Waals surface area contributed by atoms with E-state index in [4.69, 9.17) is 4.74 Å². The molecule has 1 aliphatic rings. The van der Waals surface area contributed by atoms with Crippen LogP contribution < -0.4 is 10.2 Å². The zero-order valence-electron chi connectivity index (χ0n) is 19.0. The molecule has 1 N–H and O–H groups in total. The third-order valence-electron chi connectivity index (χ3n) is 5.74. The Morgan fingerprint density at radius 3 is 2.34 bits per heavy atom. The summed E-state index contributed by atoms with van der Waals surface area (Å²) in [6.07, 6.45) is 1.22. The average molecular weight is 442 g/mol. The van der Waals surface area contributed by atoms with E-state index in [-0.39, 0.29) is 17.7 Å². The fourth-order valence-electron chi connectivity index (χ4n) is 3.95. The third kappa shape index (κ3) is 6.07. The zero-order chi connectivity index (χ0) is 23.1. The molecule has 0 spiro atoms. The minimum absolute atomic E-state index is 0.103. The number of carbonyl (C=O) groups excluding carboxylic acids is 2. The Morgan fingerprint density at radius 2 is 1.75 bits per heavy atom. The standard InChI is InChI=1S/C25H32FN3O3/c1-18(2)9-12-23(30)27-20-10-11-22(21(26)17-20)28-13-15-29(16-14-28)24(25(31)32-3)19-7-5-4-6-8-19/h4-8,10-11,17-18,24H,9,12-16H2,1-3H3,(H,27,30). The van der Waals surface area contributed by atoms with Gasteiger partial charge in [0.05, 0.1) is 12.8 Å². The third-order valence-corrected chi connectivity index (χ3v) is 5.74. The number of methoxy groups -OCH3 is 1. The van der Waals surface area contributed by atoms with Crippen LogP contribution in [0, 0.1) is 11.7 Å². The van der Waals surface area contributed by atoms with Gasteiger partial charge in [0.1, 0.15) is 11.9 Å². The molecule has 1 saturated heterocycles. The summed E-state index contributed by atoms with van der Waals surface area (Å²) in [5.74, 6) is -0.325. The highest BCUT2D eigenvalue weighted by Gasteiger charge is 2.31. The van der Waals surface area contributed by atoms with Gasteiger partial charge in [-0.2, -0.15) is 0 Å². The maximum atomic E-state index is 14.8. The summed E-state index contributed by atoms with van der Waals surface area (Å²) in [6.45, 7) is 6.49. The Labute approximate surface area is 189 Å². The van der Waals surface area contributed by atoms with Crippen LogP contribution >= 0.6 is 0 Å². The number of anilines is 2. The molecule has 3 rings (SSSR count). The normalized spacial score (nSPS) is 15.5. The number of rotatable bonds is 8. The van der Waals surface area contributed by atoms with Crippen LogP contribution in [0.2, 0.25) is 0 Å². The number of hydrogen-bond donors (Lipinski definition) is 1. The smallest absolute Gasteiger partial charge is 0.327 e. The highest BCUT2D eigenvalue weighted by atomic mass is 19.1. The van der Waals surface area contributed by atoms with Crippen LogP contribution in [0.1, 0.15) is 38.3 Å². The predicted molar refractivity (Wildman–Crippen MR) is 124 cm³/mol. The zero-order valence-corrected chi connectivity index (χ0v) is 19.0. The number of halogens is 1. The number of nitrogens with zero attached hydrogens (tertiary/aromatic N) is 2. The summed E-state index contributed by atoms with van der Waals surface area (Å²) in [6, 6.07) is 13.9. The first-order valence-electron chi connectivity index (χ1n) is 11.1. The molecule has 0 bridgehead atoms. The van der Waals surface area contributed by atoms with Crippen molar-refractivity contribution < 1.29 is 18.7 Å². The van der Waals surface area contributed by atoms with Crippen molar-refractivity contribution in [3.8, 4) is 0 Å². The molecule has 2 aromatic carbocycles. The van der Waals surface area contributed by atoms with Crippen molar-refractivity contribution in [3.05, 3.63) is 59.9 Å². The van der Waals surface area contributed by atoms with Gasteiger partial charge in [-0.25, -0.2) is 9.18 Å². The van der Waals surface area contributed by atoms with E-state index in [0.717, 1.165) is 12.0 Å². The second-order valence-corrected chi connectivity index (χ2v) is 8.51. The summed E-state index contributed by atoms with van der Waals surface area (Å²) in [5, 5.41) is 2.77. The maximum absolute atomic E-state index is 14.8. The molecule has 0 aromatic heterocycles. The first-order valence-corrected chi connectivity index (χ1v) is 11.1. The fourth-order valence-corrected chi connectivity index (χ4v) is 3.95. The van der Waals surface area contributed by atoms with Crippen molar-refractivity contribution in [1.82, 2.24) is 4.90 Å². The number of ether oxygens (including phenoxy) is 1. The van der Waals surface area contributed by atoms with Gasteiger partial charge in [0.15, 0.2) is 0 Å². The lowest BCUT2D eigenvalue weighted by Crippen LogP contribution is -2.49. The number of benzene rings is 2. The van der Waals surface area contributed by atoms with E-state index >= 15 is 0 Å². The van der Waals surface area contributed by atoms with Crippen molar-refractivity contribution in [3.63, 3.8) is 0 Å². The monoisotopic (exact) mass is 441 g/mol. The first-order chi connectivity index (χ1) is 15.4. The second-order valence-electron chi connectivity index (χ2n) is 8.51. The highest BCUT2D eigenvalue weighted by Crippen LogP contribution is 2.28. The Kier molecular flexibility index (Phi) is 8.22. The number of piperazine rings is 1. The van der Waals surface area contributed by atoms with Gasteiger partial charge in [0, 0.05) is 38.3 Å². The van der Waals surface area contributed by atoms with E-state index in [1.807, 2.05) is 35.2 Å². The molecule has 1 fully saturated rings. The van der Waals surface area contributed by atoms with E-state index in [1.54, 1.807) is 12.1 Å². The largest absolute Gasteiger partial charge is 0.468 e. The molecule has 6 nitrogen and oxygen atoms in total. The van der Waals surface area contributed by atoms with Crippen molar-refractivity contribution in [2.24, 2.45) is 5.92 Å². The molecule has 1 atom stereocenters. The molecule has 32 heavy (non-hydrogen) atoms. The van der Waals surface area contributed by atoms with Gasteiger partial charge in [-0.15, -0.1) is 0 Å². The molecule has 1 aliphatic heterocycles. The molecule has 0 radical (unpaired) electrons. The lowest BCUT2D eigenvalue weighted by Gasteiger charge is -2.39. The average Bonchev–Trinajstić information content (AvgIpc) is 2.79. The quantitative estimate of drug-likeness (QED) is 0.621. The molecule has 172 valence electrons. The van der Waals surface area contributed by atoms with Crippen LogP contribution in [0.3, 0.4) is 0 Å². The van der Waals surface area contributed by atoms with Gasteiger partial charge in [-0.05, 0) is 36.1 Å². The van der Waals surface area contributed by atoms with E-state index in [1.165, 1.54) is 13.2 Å². The van der Waals surface area contributed by atoms with Crippen LogP contribution in [0.25, 0.3) is 0 Å². The molecule has 1 amide bonds. The van der Waals surface area contributed by atoms with Gasteiger partial charge < -0.3 is 15.0 Å². The maximum Gasteiger partial charge on any atom is 0.327 e. The lowest BCUT2D eigenvalue weighted by molar-refractivity contribution is -0.147. The van der Waals surface area contributed by atoms with Crippen molar-refractivity contribution in [2.75, 3.05) is 43.5 Å². The molecule has 1 unspecified atom stereocenters. The molecule has 2 aromatic rings. The molecule has 7 heteroatoms. The van der Waals surface area contributed by atoms with Crippen molar-refractivity contribution >= 4 is 23.3 Å². The van der Waals surface area contributed by atoms with E-state index in [0.29, 0.717) is 49.9 Å².